The minimum atomic E-state index is -0.645. The second-order valence-electron chi connectivity index (χ2n) is 5.37. The number of aliphatic imine (C=N–C) groups is 1. The number of urea groups is 1. The summed E-state index contributed by atoms with van der Waals surface area (Å²) in [7, 11) is 1.33. The lowest BCUT2D eigenvalue weighted by Gasteiger charge is -2.09. The quantitative estimate of drug-likeness (QED) is 0.752. The number of hydrogen-bond acceptors (Lipinski definition) is 4. The maximum Gasteiger partial charge on any atom is 0.345 e. The number of hydrogen-bond donors (Lipinski definition) is 2. The molecule has 0 bridgehead atoms. The average molecular weight is 403 g/mol. The Bertz CT molecular complexity index is 987. The molecule has 128 valence electrons. The van der Waals surface area contributed by atoms with Crippen molar-refractivity contribution in [2.45, 2.75) is 13.8 Å². The molecule has 2 aromatic rings. The van der Waals surface area contributed by atoms with Crippen molar-refractivity contribution in [3.8, 4) is 11.9 Å². The van der Waals surface area contributed by atoms with E-state index in [0.717, 1.165) is 20.8 Å². The first-order valence-corrected chi connectivity index (χ1v) is 7.99. The van der Waals surface area contributed by atoms with Gasteiger partial charge in [-0.2, -0.15) is 5.26 Å². The molecule has 2 N–H and O–H groups in total. The Morgan fingerprint density at radius 3 is 2.72 bits per heavy atom. The van der Waals surface area contributed by atoms with Crippen molar-refractivity contribution in [3.63, 3.8) is 0 Å². The minimum Gasteiger partial charge on any atom is -0.494 e. The second kappa shape index (κ2) is 7.32. The maximum absolute atomic E-state index is 12.0. The van der Waals surface area contributed by atoms with Gasteiger partial charge in [-0.05, 0) is 43.2 Å². The van der Waals surface area contributed by atoms with Crippen molar-refractivity contribution in [1.82, 2.24) is 4.57 Å². The van der Waals surface area contributed by atoms with Gasteiger partial charge in [0, 0.05) is 23.4 Å². The molecule has 0 aliphatic heterocycles. The highest BCUT2D eigenvalue weighted by Crippen LogP contribution is 2.21. The van der Waals surface area contributed by atoms with Crippen LogP contribution in [0.3, 0.4) is 0 Å². The molecular weight excluding hydrogens is 388 g/mol. The standard InChI is InChI=1S/C17H15BrN4O3/c1-9-6-11(4-5-14(9)18)21-17(25)20-8-13-10(2)12(7-19)15(23)22(3)16(13)24/h4-6,8,24H,1-3H3,(H,21,25). The van der Waals surface area contributed by atoms with E-state index in [9.17, 15) is 14.7 Å². The number of nitriles is 1. The zero-order valence-corrected chi connectivity index (χ0v) is 15.4. The lowest BCUT2D eigenvalue weighted by molar-refractivity contribution is 0.259. The van der Waals surface area contributed by atoms with Crippen molar-refractivity contribution in [2.75, 3.05) is 5.32 Å². The van der Waals surface area contributed by atoms with Gasteiger partial charge in [-0.25, -0.2) is 9.79 Å². The van der Waals surface area contributed by atoms with Gasteiger partial charge in [0.1, 0.15) is 11.6 Å². The number of nitrogens with zero attached hydrogens (tertiary/aromatic N) is 3. The highest BCUT2D eigenvalue weighted by Gasteiger charge is 2.16. The van der Waals surface area contributed by atoms with E-state index in [1.807, 2.05) is 6.92 Å². The van der Waals surface area contributed by atoms with Gasteiger partial charge in [0.15, 0.2) is 0 Å². The highest BCUT2D eigenvalue weighted by molar-refractivity contribution is 9.10. The Morgan fingerprint density at radius 2 is 2.12 bits per heavy atom. The molecule has 0 radical (unpaired) electrons. The van der Waals surface area contributed by atoms with E-state index < -0.39 is 11.6 Å². The molecule has 0 spiro atoms. The maximum atomic E-state index is 12.0. The Labute approximate surface area is 152 Å². The topological polar surface area (TPSA) is 107 Å². The van der Waals surface area contributed by atoms with Gasteiger partial charge >= 0.3 is 6.03 Å². The summed E-state index contributed by atoms with van der Waals surface area (Å²) in [4.78, 5) is 27.6. The lowest BCUT2D eigenvalue weighted by atomic mass is 10.1. The molecule has 0 aliphatic carbocycles. The summed E-state index contributed by atoms with van der Waals surface area (Å²) in [5.41, 5.74) is 1.21. The fourth-order valence-corrected chi connectivity index (χ4v) is 2.44. The SMILES string of the molecule is Cc1cc(NC(=O)N=Cc2c(C)c(C#N)c(=O)n(C)c2O)ccc1Br. The van der Waals surface area contributed by atoms with Gasteiger partial charge in [0.2, 0.25) is 5.88 Å². The Balaban J connectivity index is 2.31. The van der Waals surface area contributed by atoms with E-state index in [2.05, 4.69) is 26.2 Å². The number of aromatic hydroxyl groups is 1. The van der Waals surface area contributed by atoms with Gasteiger partial charge in [-0.1, -0.05) is 15.9 Å². The van der Waals surface area contributed by atoms with Crippen molar-refractivity contribution in [1.29, 1.82) is 5.26 Å². The summed E-state index contributed by atoms with van der Waals surface area (Å²) < 4.78 is 1.85. The third kappa shape index (κ3) is 3.78. The summed E-state index contributed by atoms with van der Waals surface area (Å²) in [6.45, 7) is 3.40. The number of anilines is 1. The second-order valence-corrected chi connectivity index (χ2v) is 6.22. The largest absolute Gasteiger partial charge is 0.494 e. The number of pyridine rings is 1. The molecule has 25 heavy (non-hydrogen) atoms. The predicted octanol–water partition coefficient (Wildman–Crippen LogP) is 2.99. The smallest absolute Gasteiger partial charge is 0.345 e. The summed E-state index contributed by atoms with van der Waals surface area (Å²) in [5, 5.41) is 21.8. The van der Waals surface area contributed by atoms with Crippen LogP contribution in [0.5, 0.6) is 5.88 Å². The number of carbonyl (C=O) groups is 1. The van der Waals surface area contributed by atoms with Gasteiger partial charge < -0.3 is 10.4 Å². The number of halogens is 1. The molecule has 2 amide bonds. The number of rotatable bonds is 2. The molecule has 8 heteroatoms. The van der Waals surface area contributed by atoms with Crippen molar-refractivity contribution >= 4 is 33.9 Å². The van der Waals surface area contributed by atoms with E-state index in [4.69, 9.17) is 5.26 Å². The third-order valence-corrected chi connectivity index (χ3v) is 4.58. The molecule has 0 atom stereocenters. The molecule has 0 fully saturated rings. The Morgan fingerprint density at radius 1 is 1.44 bits per heavy atom. The van der Waals surface area contributed by atoms with Crippen LogP contribution in [0.1, 0.15) is 22.3 Å². The average Bonchev–Trinajstić information content (AvgIpc) is 2.57. The van der Waals surface area contributed by atoms with Crippen LogP contribution in [0, 0.1) is 25.2 Å². The first-order chi connectivity index (χ1) is 11.8. The number of amides is 2. The summed E-state index contributed by atoms with van der Waals surface area (Å²) in [5.74, 6) is -0.363. The zero-order valence-electron chi connectivity index (χ0n) is 13.8. The van der Waals surface area contributed by atoms with E-state index >= 15 is 0 Å². The zero-order chi connectivity index (χ0) is 18.7. The normalized spacial score (nSPS) is 10.7. The van der Waals surface area contributed by atoms with Crippen molar-refractivity contribution < 1.29 is 9.90 Å². The molecule has 0 unspecified atom stereocenters. The minimum absolute atomic E-state index is 0.106. The van der Waals surface area contributed by atoms with Crippen LogP contribution in [-0.2, 0) is 7.05 Å². The molecule has 0 saturated carbocycles. The van der Waals surface area contributed by atoms with Crippen LogP contribution >= 0.6 is 15.9 Å². The van der Waals surface area contributed by atoms with Crippen LogP contribution < -0.4 is 10.9 Å². The van der Waals surface area contributed by atoms with Crippen LogP contribution in [0.2, 0.25) is 0 Å². The first-order valence-electron chi connectivity index (χ1n) is 7.20. The molecular formula is C17H15BrN4O3. The van der Waals surface area contributed by atoms with Crippen LogP contribution in [0.4, 0.5) is 10.5 Å². The Kier molecular flexibility index (Phi) is 5.39. The number of benzene rings is 1. The molecule has 0 aliphatic rings. The van der Waals surface area contributed by atoms with Crippen LogP contribution in [-0.4, -0.2) is 21.9 Å². The monoisotopic (exact) mass is 402 g/mol. The predicted molar refractivity (Wildman–Crippen MR) is 98.3 cm³/mol. The molecule has 7 nitrogen and oxygen atoms in total. The number of carbonyl (C=O) groups excluding carboxylic acids is 1. The van der Waals surface area contributed by atoms with Gasteiger partial charge in [0.25, 0.3) is 5.56 Å². The Hall–Kier alpha value is -2.92. The molecule has 1 aromatic heterocycles. The van der Waals surface area contributed by atoms with Gasteiger partial charge in [-0.15, -0.1) is 0 Å². The summed E-state index contributed by atoms with van der Waals surface area (Å²) >= 11 is 3.37. The summed E-state index contributed by atoms with van der Waals surface area (Å²) in [6.07, 6.45) is 1.13. The molecule has 1 aromatic carbocycles. The number of aryl methyl sites for hydroxylation is 1. The van der Waals surface area contributed by atoms with Crippen molar-refractivity contribution in [2.24, 2.45) is 12.0 Å². The highest BCUT2D eigenvalue weighted by atomic mass is 79.9. The summed E-state index contributed by atoms with van der Waals surface area (Å²) in [6, 6.07) is 6.45. The van der Waals surface area contributed by atoms with Gasteiger partial charge in [-0.3, -0.25) is 9.36 Å². The van der Waals surface area contributed by atoms with Crippen LogP contribution in [0.15, 0.2) is 32.5 Å². The van der Waals surface area contributed by atoms with Crippen LogP contribution in [0.25, 0.3) is 0 Å². The molecule has 2 rings (SSSR count). The lowest BCUT2D eigenvalue weighted by Crippen LogP contribution is -2.22. The van der Waals surface area contributed by atoms with E-state index in [1.165, 1.54) is 14.0 Å². The fourth-order valence-electron chi connectivity index (χ4n) is 2.19. The number of nitrogens with one attached hydrogen (secondary N) is 1. The third-order valence-electron chi connectivity index (χ3n) is 3.69. The first kappa shape index (κ1) is 18.4. The van der Waals surface area contributed by atoms with E-state index in [-0.39, 0.29) is 22.6 Å². The fraction of sp³-hybridized carbons (Fsp3) is 0.176. The number of aromatic nitrogens is 1. The molecule has 0 saturated heterocycles. The van der Waals surface area contributed by atoms with Gasteiger partial charge in [0.05, 0.1) is 5.56 Å². The van der Waals surface area contributed by atoms with Crippen molar-refractivity contribution in [3.05, 3.63) is 55.3 Å². The van der Waals surface area contributed by atoms with E-state index in [1.54, 1.807) is 24.3 Å². The molecule has 1 heterocycles. The van der Waals surface area contributed by atoms with E-state index in [0.29, 0.717) is 5.69 Å².